The predicted octanol–water partition coefficient (Wildman–Crippen LogP) is 0.510. The molecule has 16 heavy (non-hydrogen) atoms. The van der Waals surface area contributed by atoms with Crippen molar-refractivity contribution in [2.75, 3.05) is 29.1 Å². The second-order valence-electron chi connectivity index (χ2n) is 4.16. The Morgan fingerprint density at radius 1 is 1.50 bits per heavy atom. The third kappa shape index (κ3) is 2.85. The molecule has 0 amide bonds. The highest BCUT2D eigenvalue weighted by molar-refractivity contribution is 7.91. The van der Waals surface area contributed by atoms with E-state index >= 15 is 0 Å². The van der Waals surface area contributed by atoms with E-state index in [1.54, 1.807) is 18.5 Å². The maximum atomic E-state index is 11.2. The van der Waals surface area contributed by atoms with E-state index in [9.17, 15) is 8.42 Å². The molecule has 1 aliphatic rings. The average molecular weight is 241 g/mol. The van der Waals surface area contributed by atoms with E-state index in [1.165, 1.54) is 0 Å². The Labute approximate surface area is 95.0 Å². The molecule has 0 spiro atoms. The number of nitrogen functional groups attached to an aromatic ring is 1. The molecule has 3 N–H and O–H groups in total. The zero-order valence-electron chi connectivity index (χ0n) is 8.89. The molecular formula is C10H15N3O2S. The van der Waals surface area contributed by atoms with E-state index in [0.717, 1.165) is 12.1 Å². The van der Waals surface area contributed by atoms with E-state index in [0.29, 0.717) is 18.0 Å². The van der Waals surface area contributed by atoms with Crippen LogP contribution in [-0.4, -0.2) is 31.5 Å². The molecule has 1 atom stereocenters. The van der Waals surface area contributed by atoms with Crippen LogP contribution < -0.4 is 11.1 Å². The summed E-state index contributed by atoms with van der Waals surface area (Å²) in [6, 6.07) is 1.79. The smallest absolute Gasteiger partial charge is 0.150 e. The highest BCUT2D eigenvalue weighted by Crippen LogP contribution is 2.19. The van der Waals surface area contributed by atoms with Crippen LogP contribution in [0.3, 0.4) is 0 Å². The van der Waals surface area contributed by atoms with Crippen molar-refractivity contribution in [2.45, 2.75) is 6.42 Å². The van der Waals surface area contributed by atoms with Crippen molar-refractivity contribution in [3.05, 3.63) is 18.5 Å². The van der Waals surface area contributed by atoms with Gasteiger partial charge in [0, 0.05) is 12.7 Å². The van der Waals surface area contributed by atoms with Crippen LogP contribution in [0.4, 0.5) is 11.4 Å². The fourth-order valence-corrected chi connectivity index (χ4v) is 3.71. The lowest BCUT2D eigenvalue weighted by atomic mass is 10.1. The number of pyridine rings is 1. The molecule has 1 fully saturated rings. The van der Waals surface area contributed by atoms with Crippen molar-refractivity contribution in [3.8, 4) is 0 Å². The van der Waals surface area contributed by atoms with Crippen molar-refractivity contribution in [1.29, 1.82) is 0 Å². The van der Waals surface area contributed by atoms with Gasteiger partial charge in [-0.05, 0) is 18.4 Å². The number of nitrogens with zero attached hydrogens (tertiary/aromatic N) is 1. The van der Waals surface area contributed by atoms with Crippen molar-refractivity contribution in [1.82, 2.24) is 4.98 Å². The standard InChI is InChI=1S/C10H15N3O2S/c11-9-3-10(6-12-5-9)13-4-8-1-2-16(14,15)7-8/h3,5-6,8,13H,1-2,4,7,11H2. The molecule has 1 aromatic heterocycles. The number of rotatable bonds is 3. The largest absolute Gasteiger partial charge is 0.397 e. The topological polar surface area (TPSA) is 85.1 Å². The van der Waals surface area contributed by atoms with Crippen LogP contribution in [0.15, 0.2) is 18.5 Å². The summed E-state index contributed by atoms with van der Waals surface area (Å²) in [7, 11) is -2.79. The van der Waals surface area contributed by atoms with E-state index in [2.05, 4.69) is 10.3 Å². The van der Waals surface area contributed by atoms with Gasteiger partial charge in [0.1, 0.15) is 0 Å². The first-order valence-corrected chi connectivity index (χ1v) is 7.02. The Kier molecular flexibility index (Phi) is 3.00. The van der Waals surface area contributed by atoms with Crippen molar-refractivity contribution >= 4 is 21.2 Å². The van der Waals surface area contributed by atoms with Gasteiger partial charge in [0.25, 0.3) is 0 Å². The molecular weight excluding hydrogens is 226 g/mol. The van der Waals surface area contributed by atoms with Gasteiger partial charge in [-0.1, -0.05) is 0 Å². The molecule has 0 aliphatic carbocycles. The maximum absolute atomic E-state index is 11.2. The second kappa shape index (κ2) is 4.29. The third-order valence-electron chi connectivity index (χ3n) is 2.68. The molecule has 1 aromatic rings. The number of aromatic nitrogens is 1. The van der Waals surface area contributed by atoms with Crippen LogP contribution in [0.2, 0.25) is 0 Å². The van der Waals surface area contributed by atoms with Crippen LogP contribution in [0, 0.1) is 5.92 Å². The van der Waals surface area contributed by atoms with E-state index in [-0.39, 0.29) is 11.7 Å². The van der Waals surface area contributed by atoms with Gasteiger partial charge in [0.15, 0.2) is 9.84 Å². The van der Waals surface area contributed by atoms with Gasteiger partial charge in [0.2, 0.25) is 0 Å². The minimum Gasteiger partial charge on any atom is -0.397 e. The van der Waals surface area contributed by atoms with Gasteiger partial charge in [-0.15, -0.1) is 0 Å². The normalized spacial score (nSPS) is 23.1. The SMILES string of the molecule is Nc1cncc(NCC2CCS(=O)(=O)C2)c1. The molecule has 0 saturated carbocycles. The number of sulfone groups is 1. The molecule has 0 radical (unpaired) electrons. The summed E-state index contributed by atoms with van der Waals surface area (Å²) in [6.07, 6.45) is 4.00. The number of nitrogens with two attached hydrogens (primary N) is 1. The van der Waals surface area contributed by atoms with Crippen molar-refractivity contribution in [3.63, 3.8) is 0 Å². The number of hydrogen-bond donors (Lipinski definition) is 2. The summed E-state index contributed by atoms with van der Waals surface area (Å²) in [5.74, 6) is 0.802. The summed E-state index contributed by atoms with van der Waals surface area (Å²) < 4.78 is 22.5. The van der Waals surface area contributed by atoms with Gasteiger partial charge < -0.3 is 11.1 Å². The third-order valence-corrected chi connectivity index (χ3v) is 4.52. The lowest BCUT2D eigenvalue weighted by molar-refractivity contribution is 0.596. The zero-order chi connectivity index (χ0) is 11.6. The molecule has 1 aliphatic heterocycles. The zero-order valence-corrected chi connectivity index (χ0v) is 9.70. The van der Waals surface area contributed by atoms with Gasteiger partial charge in [0.05, 0.1) is 29.1 Å². The number of nitrogens with one attached hydrogen (secondary N) is 1. The molecule has 1 saturated heterocycles. The minimum atomic E-state index is -2.79. The Balaban J connectivity index is 1.89. The lowest BCUT2D eigenvalue weighted by Gasteiger charge is -2.10. The summed E-state index contributed by atoms with van der Waals surface area (Å²) in [4.78, 5) is 3.95. The minimum absolute atomic E-state index is 0.200. The quantitative estimate of drug-likeness (QED) is 0.805. The molecule has 6 heteroatoms. The van der Waals surface area contributed by atoms with Crippen LogP contribution in [-0.2, 0) is 9.84 Å². The Hall–Kier alpha value is -1.30. The van der Waals surface area contributed by atoms with Crippen LogP contribution >= 0.6 is 0 Å². The molecule has 0 aromatic carbocycles. The summed E-state index contributed by atoms with van der Waals surface area (Å²) in [5, 5.41) is 3.16. The average Bonchev–Trinajstić information content (AvgIpc) is 2.56. The Morgan fingerprint density at radius 3 is 2.94 bits per heavy atom. The number of anilines is 2. The summed E-state index contributed by atoms with van der Waals surface area (Å²) in [6.45, 7) is 0.657. The molecule has 2 heterocycles. The monoisotopic (exact) mass is 241 g/mol. The Morgan fingerprint density at radius 2 is 2.31 bits per heavy atom. The van der Waals surface area contributed by atoms with E-state index < -0.39 is 9.84 Å². The van der Waals surface area contributed by atoms with Crippen molar-refractivity contribution in [2.24, 2.45) is 5.92 Å². The van der Waals surface area contributed by atoms with E-state index in [4.69, 9.17) is 5.73 Å². The summed E-state index contributed by atoms with van der Waals surface area (Å²) >= 11 is 0. The molecule has 2 rings (SSSR count). The fourth-order valence-electron chi connectivity index (χ4n) is 1.85. The molecule has 88 valence electrons. The van der Waals surface area contributed by atoms with Crippen molar-refractivity contribution < 1.29 is 8.42 Å². The molecule has 1 unspecified atom stereocenters. The molecule has 5 nitrogen and oxygen atoms in total. The van der Waals surface area contributed by atoms with E-state index in [1.807, 2.05) is 0 Å². The first kappa shape index (κ1) is 11.2. The van der Waals surface area contributed by atoms with Gasteiger partial charge in [-0.2, -0.15) is 0 Å². The predicted molar refractivity (Wildman–Crippen MR) is 63.9 cm³/mol. The maximum Gasteiger partial charge on any atom is 0.150 e. The van der Waals surface area contributed by atoms with Crippen LogP contribution in [0.25, 0.3) is 0 Å². The van der Waals surface area contributed by atoms with Crippen LogP contribution in [0.5, 0.6) is 0 Å². The molecule has 0 bridgehead atoms. The van der Waals surface area contributed by atoms with Gasteiger partial charge in [-0.3, -0.25) is 4.98 Å². The number of hydrogen-bond acceptors (Lipinski definition) is 5. The first-order chi connectivity index (χ1) is 7.55. The fraction of sp³-hybridized carbons (Fsp3) is 0.500. The highest BCUT2D eigenvalue weighted by Gasteiger charge is 2.27. The summed E-state index contributed by atoms with van der Waals surface area (Å²) in [5.41, 5.74) is 7.03. The highest BCUT2D eigenvalue weighted by atomic mass is 32.2. The van der Waals surface area contributed by atoms with Gasteiger partial charge in [-0.25, -0.2) is 8.42 Å². The van der Waals surface area contributed by atoms with Crippen LogP contribution in [0.1, 0.15) is 6.42 Å². The van der Waals surface area contributed by atoms with Gasteiger partial charge >= 0.3 is 0 Å². The lowest BCUT2D eigenvalue weighted by Crippen LogP contribution is -2.15. The second-order valence-corrected chi connectivity index (χ2v) is 6.39. The Bertz CT molecular complexity index is 473. The first-order valence-electron chi connectivity index (χ1n) is 5.20.